The van der Waals surface area contributed by atoms with Crippen molar-refractivity contribution in [3.63, 3.8) is 0 Å². The van der Waals surface area contributed by atoms with Gasteiger partial charge in [-0.3, -0.25) is 38.4 Å². The van der Waals surface area contributed by atoms with E-state index in [-0.39, 0.29) is 48.7 Å². The standard InChI is InChI=1S/C44H48F5N9O5/c1-54-38-33(4-3-5-34(38)58(41(54)62)35-12-13-37(59)52-40(35)61)56-18-15-42(16-19-56)14-17-55(25-43(42,45)46)23-26-6-9-29(10-7-26)57-24-27-20-28(8-11-31(27)53-57)50-39(60)32-21-30(63-2)22-36(51-32)44(47,48)49/h3-5,8,11,20-22,24,26,29,35H,6-7,9-10,12-19,23,25H2,1-2H3,(H,50,60)(H,52,59,61). The quantitative estimate of drug-likeness (QED) is 0.128. The topological polar surface area (TPSA) is 149 Å². The Morgan fingerprint density at radius 1 is 0.968 bits per heavy atom. The lowest BCUT2D eigenvalue weighted by atomic mass is 9.68. The molecule has 5 aromatic rings. The number of carbonyl (C=O) groups excluding carboxylic acids is 3. The number of likely N-dealkylation sites (tertiary alicyclic amines) is 1. The lowest BCUT2D eigenvalue weighted by Gasteiger charge is -2.52. The molecule has 4 aliphatic rings. The molecule has 1 aliphatic carbocycles. The van der Waals surface area contributed by atoms with Gasteiger partial charge in [0.2, 0.25) is 11.8 Å². The number of amides is 3. The number of aromatic nitrogens is 5. The molecular weight excluding hydrogens is 830 g/mol. The van der Waals surface area contributed by atoms with Crippen LogP contribution in [0.15, 0.2) is 59.5 Å². The van der Waals surface area contributed by atoms with Crippen molar-refractivity contribution in [2.75, 3.05) is 50.1 Å². The monoisotopic (exact) mass is 877 g/mol. The highest BCUT2D eigenvalue weighted by atomic mass is 19.4. The second-order valence-corrected chi connectivity index (χ2v) is 17.6. The molecule has 0 bridgehead atoms. The largest absolute Gasteiger partial charge is 0.497 e. The lowest BCUT2D eigenvalue weighted by molar-refractivity contribution is -0.179. The van der Waals surface area contributed by atoms with Crippen LogP contribution in [0.2, 0.25) is 0 Å². The Bertz CT molecular complexity index is 2660. The number of imide groups is 1. The first-order valence-corrected chi connectivity index (χ1v) is 21.3. The predicted octanol–water partition coefficient (Wildman–Crippen LogP) is 6.70. The number of imidazole rings is 1. The predicted molar refractivity (Wildman–Crippen MR) is 223 cm³/mol. The van der Waals surface area contributed by atoms with Crippen LogP contribution in [0.3, 0.4) is 0 Å². The first-order valence-electron chi connectivity index (χ1n) is 21.3. The van der Waals surface area contributed by atoms with Crippen LogP contribution in [0, 0.1) is 11.3 Å². The van der Waals surface area contributed by atoms with Gasteiger partial charge in [-0.05, 0) is 94.2 Å². The summed E-state index contributed by atoms with van der Waals surface area (Å²) in [5.41, 5.74) is -0.147. The van der Waals surface area contributed by atoms with Crippen molar-refractivity contribution >= 4 is 51.0 Å². The number of hydrogen-bond donors (Lipinski definition) is 2. The summed E-state index contributed by atoms with van der Waals surface area (Å²) in [7, 11) is 2.85. The number of ether oxygens (including phenoxy) is 1. The fourth-order valence-corrected chi connectivity index (χ4v) is 10.3. The molecule has 14 nitrogen and oxygen atoms in total. The molecule has 1 unspecified atom stereocenters. The van der Waals surface area contributed by atoms with Crippen LogP contribution >= 0.6 is 0 Å². The molecule has 19 heteroatoms. The molecule has 0 radical (unpaired) electrons. The van der Waals surface area contributed by atoms with Crippen LogP contribution in [0.5, 0.6) is 5.75 Å². The maximum Gasteiger partial charge on any atom is 0.433 e. The van der Waals surface area contributed by atoms with Crippen LogP contribution in [0.25, 0.3) is 21.9 Å². The third-order valence-electron chi connectivity index (χ3n) is 13.8. The average Bonchev–Trinajstić information content (AvgIpc) is 3.79. The number of piperidine rings is 3. The molecule has 1 spiro atoms. The van der Waals surface area contributed by atoms with Gasteiger partial charge in [0, 0.05) is 67.9 Å². The number of pyridine rings is 1. The Labute approximate surface area is 358 Å². The van der Waals surface area contributed by atoms with Crippen LogP contribution in [0.1, 0.15) is 86.1 Å². The number of rotatable bonds is 8. The van der Waals surface area contributed by atoms with E-state index in [1.54, 1.807) is 31.3 Å². The number of hydrogen-bond acceptors (Lipinski definition) is 9. The van der Waals surface area contributed by atoms with Gasteiger partial charge in [-0.1, -0.05) is 6.07 Å². The summed E-state index contributed by atoms with van der Waals surface area (Å²) in [6.45, 7) is 1.72. The molecule has 63 heavy (non-hydrogen) atoms. The summed E-state index contributed by atoms with van der Waals surface area (Å²) in [6.07, 6.45) is 1.86. The van der Waals surface area contributed by atoms with E-state index >= 15 is 8.78 Å². The summed E-state index contributed by atoms with van der Waals surface area (Å²) in [4.78, 5) is 58.4. The number of fused-ring (bicyclic) bond motifs is 2. The minimum absolute atomic E-state index is 0.106. The van der Waals surface area contributed by atoms with Gasteiger partial charge in [-0.2, -0.15) is 18.3 Å². The van der Waals surface area contributed by atoms with Gasteiger partial charge < -0.3 is 15.0 Å². The van der Waals surface area contributed by atoms with E-state index in [9.17, 15) is 32.3 Å². The fraction of sp³-hybridized carbons (Fsp3) is 0.500. The first kappa shape index (κ1) is 42.5. The number of nitrogens with one attached hydrogen (secondary N) is 2. The van der Waals surface area contributed by atoms with E-state index in [2.05, 4.69) is 20.5 Å². The Morgan fingerprint density at radius 2 is 1.71 bits per heavy atom. The zero-order chi connectivity index (χ0) is 44.4. The minimum atomic E-state index is -4.76. The fourth-order valence-electron chi connectivity index (χ4n) is 10.3. The lowest BCUT2D eigenvalue weighted by Crippen LogP contribution is -2.59. The molecule has 6 heterocycles. The number of nitrogens with zero attached hydrogens (tertiary/aromatic N) is 7. The minimum Gasteiger partial charge on any atom is -0.497 e. The highest BCUT2D eigenvalue weighted by Crippen LogP contribution is 2.52. The Kier molecular flexibility index (Phi) is 10.8. The van der Waals surface area contributed by atoms with Gasteiger partial charge in [0.05, 0.1) is 41.9 Å². The third-order valence-corrected chi connectivity index (χ3v) is 13.8. The molecule has 2 aromatic carbocycles. The van der Waals surface area contributed by atoms with Gasteiger partial charge in [-0.15, -0.1) is 0 Å². The van der Waals surface area contributed by atoms with E-state index in [0.29, 0.717) is 67.7 Å². The van der Waals surface area contributed by atoms with Crippen LogP contribution in [0.4, 0.5) is 33.3 Å². The van der Waals surface area contributed by atoms with E-state index in [0.717, 1.165) is 48.9 Å². The molecule has 3 saturated heterocycles. The van der Waals surface area contributed by atoms with Gasteiger partial charge in [0.15, 0.2) is 0 Å². The highest BCUT2D eigenvalue weighted by molar-refractivity contribution is 6.04. The van der Waals surface area contributed by atoms with E-state index in [1.165, 1.54) is 16.2 Å². The molecule has 4 fully saturated rings. The number of carbonyl (C=O) groups is 3. The van der Waals surface area contributed by atoms with Crippen molar-refractivity contribution in [3.8, 4) is 5.75 Å². The molecule has 2 N–H and O–H groups in total. The van der Waals surface area contributed by atoms with Gasteiger partial charge >= 0.3 is 11.9 Å². The zero-order valence-corrected chi connectivity index (χ0v) is 34.9. The van der Waals surface area contributed by atoms with Crippen LogP contribution in [-0.4, -0.2) is 92.3 Å². The molecule has 3 aliphatic heterocycles. The average molecular weight is 878 g/mol. The van der Waals surface area contributed by atoms with Gasteiger partial charge in [0.25, 0.3) is 11.8 Å². The summed E-state index contributed by atoms with van der Waals surface area (Å²) >= 11 is 0. The van der Waals surface area contributed by atoms with E-state index in [1.807, 2.05) is 27.9 Å². The van der Waals surface area contributed by atoms with E-state index in [4.69, 9.17) is 9.84 Å². The molecule has 1 saturated carbocycles. The van der Waals surface area contributed by atoms with Crippen molar-refractivity contribution < 1.29 is 41.1 Å². The van der Waals surface area contributed by atoms with Crippen molar-refractivity contribution in [2.24, 2.45) is 18.4 Å². The number of alkyl halides is 5. The summed E-state index contributed by atoms with van der Waals surface area (Å²) in [5, 5.41) is 10.4. The van der Waals surface area contributed by atoms with Crippen LogP contribution < -0.4 is 26.0 Å². The molecular formula is C44H48F5N9O5. The number of para-hydroxylation sites is 1. The third kappa shape index (κ3) is 7.92. The summed E-state index contributed by atoms with van der Waals surface area (Å²) in [5.74, 6) is -4.46. The van der Waals surface area contributed by atoms with Gasteiger partial charge in [-0.25, -0.2) is 18.6 Å². The number of halogens is 5. The van der Waals surface area contributed by atoms with Crippen molar-refractivity contribution in [2.45, 2.75) is 82.0 Å². The van der Waals surface area contributed by atoms with Crippen molar-refractivity contribution in [1.82, 2.24) is 34.1 Å². The molecule has 9 rings (SSSR count). The second kappa shape index (κ2) is 16.1. The zero-order valence-electron chi connectivity index (χ0n) is 34.9. The van der Waals surface area contributed by atoms with Crippen LogP contribution in [-0.2, 0) is 22.8 Å². The van der Waals surface area contributed by atoms with Crippen molar-refractivity contribution in [3.05, 3.63) is 76.6 Å². The van der Waals surface area contributed by atoms with E-state index < -0.39 is 46.8 Å². The Morgan fingerprint density at radius 3 is 2.41 bits per heavy atom. The number of methoxy groups -OCH3 is 1. The highest BCUT2D eigenvalue weighted by Gasteiger charge is 2.57. The number of aryl methyl sites for hydroxylation is 1. The molecule has 3 aromatic heterocycles. The maximum atomic E-state index is 16.3. The molecule has 1 atom stereocenters. The normalized spacial score (nSPS) is 23.0. The second-order valence-electron chi connectivity index (χ2n) is 17.6. The smallest absolute Gasteiger partial charge is 0.433 e. The number of anilines is 2. The molecule has 334 valence electrons. The first-order chi connectivity index (χ1) is 30.0. The number of benzene rings is 2. The molecule has 3 amide bonds. The summed E-state index contributed by atoms with van der Waals surface area (Å²) in [6, 6.07) is 11.7. The van der Waals surface area contributed by atoms with Gasteiger partial charge in [0.1, 0.15) is 23.2 Å². The maximum absolute atomic E-state index is 16.3. The Balaban J connectivity index is 0.790. The summed E-state index contributed by atoms with van der Waals surface area (Å²) < 4.78 is 82.5. The SMILES string of the molecule is COc1cc(C(=O)Nc2ccc3nn(C4CCC(CN5CCC6(CCN(c7cccc8c7n(C)c(=O)n8C7CCC(=O)NC7=O)CC6)C(F)(F)C5)CC4)cc3c2)nc(C(F)(F)F)c1. The Hall–Kier alpha value is -5.85. The van der Waals surface area contributed by atoms with Crippen molar-refractivity contribution in [1.29, 1.82) is 0 Å².